The van der Waals surface area contributed by atoms with Crippen molar-refractivity contribution in [3.05, 3.63) is 29.8 Å². The third-order valence-electron chi connectivity index (χ3n) is 2.51. The molecule has 1 aromatic carbocycles. The Labute approximate surface area is 107 Å². The molecule has 5 nitrogen and oxygen atoms in total. The topological polar surface area (TPSA) is 83.5 Å². The Morgan fingerprint density at radius 2 is 1.72 bits per heavy atom. The van der Waals surface area contributed by atoms with E-state index in [-0.39, 0.29) is 0 Å². The van der Waals surface area contributed by atoms with Gasteiger partial charge in [0.05, 0.1) is 4.90 Å². The molecule has 0 radical (unpaired) electrons. The molecule has 0 spiro atoms. The number of carbonyl (C=O) groups is 1. The van der Waals surface area contributed by atoms with Gasteiger partial charge in [0.1, 0.15) is 0 Å². The van der Waals surface area contributed by atoms with E-state index in [9.17, 15) is 8.42 Å². The fraction of sp³-hybridized carbons (Fsp3) is 0.417. The molecule has 0 aromatic heterocycles. The Kier molecular flexibility index (Phi) is 4.86. The lowest BCUT2D eigenvalue weighted by atomic mass is 10.1. The van der Waals surface area contributed by atoms with E-state index in [0.29, 0.717) is 10.8 Å². The van der Waals surface area contributed by atoms with E-state index in [4.69, 9.17) is 9.90 Å². The van der Waals surface area contributed by atoms with Crippen LogP contribution in [0.4, 0.5) is 0 Å². The standard InChI is InChI=1S/C10H13NO2S.C2H4O2/c1-11-14(12,13)10-6-4-9(5-7-10)8-2-3-8;1-2(3)4/h4-8,11H,2-3H2,1H3;1H3,(H,3,4). The van der Waals surface area contributed by atoms with E-state index < -0.39 is 16.0 Å². The molecule has 1 saturated carbocycles. The fourth-order valence-corrected chi connectivity index (χ4v) is 2.18. The van der Waals surface area contributed by atoms with Crippen LogP contribution in [0, 0.1) is 0 Å². The van der Waals surface area contributed by atoms with Crippen LogP contribution in [0.3, 0.4) is 0 Å². The molecule has 2 N–H and O–H groups in total. The van der Waals surface area contributed by atoms with Gasteiger partial charge in [-0.25, -0.2) is 13.1 Å². The number of hydrogen-bond donors (Lipinski definition) is 2. The number of sulfonamides is 1. The van der Waals surface area contributed by atoms with Crippen molar-refractivity contribution in [3.63, 3.8) is 0 Å². The smallest absolute Gasteiger partial charge is 0.300 e. The monoisotopic (exact) mass is 271 g/mol. The maximum atomic E-state index is 11.4. The molecule has 18 heavy (non-hydrogen) atoms. The predicted octanol–water partition coefficient (Wildman–Crippen LogP) is 1.56. The van der Waals surface area contributed by atoms with Gasteiger partial charge < -0.3 is 5.11 Å². The molecule has 0 unspecified atom stereocenters. The van der Waals surface area contributed by atoms with Crippen molar-refractivity contribution in [2.24, 2.45) is 0 Å². The lowest BCUT2D eigenvalue weighted by Crippen LogP contribution is -2.18. The normalized spacial score (nSPS) is 14.6. The second-order valence-electron chi connectivity index (χ2n) is 4.07. The van der Waals surface area contributed by atoms with Crippen LogP contribution in [0.25, 0.3) is 0 Å². The maximum absolute atomic E-state index is 11.4. The largest absolute Gasteiger partial charge is 0.481 e. The van der Waals surface area contributed by atoms with Crippen molar-refractivity contribution in [1.82, 2.24) is 4.72 Å². The first-order chi connectivity index (χ1) is 8.36. The number of hydrogen-bond acceptors (Lipinski definition) is 3. The molecule has 1 fully saturated rings. The second-order valence-corrected chi connectivity index (χ2v) is 5.96. The lowest BCUT2D eigenvalue weighted by Gasteiger charge is -2.03. The van der Waals surface area contributed by atoms with Gasteiger partial charge in [0.25, 0.3) is 5.97 Å². The van der Waals surface area contributed by atoms with E-state index in [0.717, 1.165) is 6.92 Å². The van der Waals surface area contributed by atoms with Crippen molar-refractivity contribution >= 4 is 16.0 Å². The van der Waals surface area contributed by atoms with Crippen molar-refractivity contribution < 1.29 is 18.3 Å². The number of carboxylic acids is 1. The van der Waals surface area contributed by atoms with E-state index in [1.54, 1.807) is 12.1 Å². The first-order valence-electron chi connectivity index (χ1n) is 5.60. The number of aliphatic carboxylic acids is 1. The van der Waals surface area contributed by atoms with Gasteiger partial charge in [-0.05, 0) is 43.5 Å². The molecule has 0 amide bonds. The molecule has 1 aliphatic rings. The summed E-state index contributed by atoms with van der Waals surface area (Å²) in [7, 11) is -1.85. The Morgan fingerprint density at radius 3 is 2.06 bits per heavy atom. The Morgan fingerprint density at radius 1 is 1.28 bits per heavy atom. The Hall–Kier alpha value is -1.40. The minimum Gasteiger partial charge on any atom is -0.481 e. The van der Waals surface area contributed by atoms with E-state index in [2.05, 4.69) is 4.72 Å². The molecule has 0 saturated heterocycles. The minimum absolute atomic E-state index is 0.337. The van der Waals surface area contributed by atoms with Crippen LogP contribution >= 0.6 is 0 Å². The highest BCUT2D eigenvalue weighted by Gasteiger charge is 2.23. The number of rotatable bonds is 3. The summed E-state index contributed by atoms with van der Waals surface area (Å²) < 4.78 is 25.1. The molecule has 1 aromatic rings. The molecule has 2 rings (SSSR count). The summed E-state index contributed by atoms with van der Waals surface area (Å²) in [6, 6.07) is 7.14. The lowest BCUT2D eigenvalue weighted by molar-refractivity contribution is -0.134. The van der Waals surface area contributed by atoms with Crippen LogP contribution in [-0.2, 0) is 14.8 Å². The van der Waals surface area contributed by atoms with Gasteiger partial charge in [0.15, 0.2) is 0 Å². The maximum Gasteiger partial charge on any atom is 0.300 e. The number of nitrogens with one attached hydrogen (secondary N) is 1. The number of carboxylic acid groups (broad SMARTS) is 1. The molecular formula is C12H17NO4S. The Bertz CT molecular complexity index is 499. The zero-order valence-corrected chi connectivity index (χ0v) is 11.2. The first-order valence-corrected chi connectivity index (χ1v) is 7.08. The summed E-state index contributed by atoms with van der Waals surface area (Å²) in [6.07, 6.45) is 2.47. The molecular weight excluding hydrogens is 254 g/mol. The van der Waals surface area contributed by atoms with Gasteiger partial charge in [-0.3, -0.25) is 4.79 Å². The molecule has 0 heterocycles. The van der Waals surface area contributed by atoms with E-state index >= 15 is 0 Å². The van der Waals surface area contributed by atoms with Crippen molar-refractivity contribution in [3.8, 4) is 0 Å². The minimum atomic E-state index is -3.27. The van der Waals surface area contributed by atoms with Gasteiger partial charge >= 0.3 is 0 Å². The average molecular weight is 271 g/mol. The van der Waals surface area contributed by atoms with Crippen LogP contribution in [0.15, 0.2) is 29.2 Å². The van der Waals surface area contributed by atoms with Crippen molar-refractivity contribution in [1.29, 1.82) is 0 Å². The average Bonchev–Trinajstić information content (AvgIpc) is 3.12. The van der Waals surface area contributed by atoms with Gasteiger partial charge in [0, 0.05) is 6.92 Å². The SMILES string of the molecule is CC(=O)O.CNS(=O)(=O)c1ccc(C2CC2)cc1. The van der Waals surface area contributed by atoms with Crippen LogP contribution in [0.5, 0.6) is 0 Å². The van der Waals surface area contributed by atoms with E-state index in [1.165, 1.54) is 25.5 Å². The molecule has 0 bridgehead atoms. The van der Waals surface area contributed by atoms with Crippen LogP contribution in [-0.4, -0.2) is 26.5 Å². The van der Waals surface area contributed by atoms with Crippen LogP contribution in [0.1, 0.15) is 31.2 Å². The Balaban J connectivity index is 0.000000357. The van der Waals surface area contributed by atoms with Gasteiger partial charge in [-0.1, -0.05) is 12.1 Å². The predicted molar refractivity (Wildman–Crippen MR) is 68.0 cm³/mol. The van der Waals surface area contributed by atoms with Crippen molar-refractivity contribution in [2.75, 3.05) is 7.05 Å². The third-order valence-corrected chi connectivity index (χ3v) is 3.94. The molecule has 0 aliphatic heterocycles. The number of benzene rings is 1. The summed E-state index contributed by atoms with van der Waals surface area (Å²) >= 11 is 0. The highest BCUT2D eigenvalue weighted by molar-refractivity contribution is 7.89. The quantitative estimate of drug-likeness (QED) is 0.874. The van der Waals surface area contributed by atoms with Crippen LogP contribution < -0.4 is 4.72 Å². The summed E-state index contributed by atoms with van der Waals surface area (Å²) in [4.78, 5) is 9.34. The van der Waals surface area contributed by atoms with Crippen molar-refractivity contribution in [2.45, 2.75) is 30.6 Å². The zero-order chi connectivity index (χ0) is 13.8. The third kappa shape index (κ3) is 4.46. The second kappa shape index (κ2) is 5.97. The summed E-state index contributed by atoms with van der Waals surface area (Å²) in [5.41, 5.74) is 1.25. The van der Waals surface area contributed by atoms with Gasteiger partial charge in [0.2, 0.25) is 10.0 Å². The highest BCUT2D eigenvalue weighted by atomic mass is 32.2. The first kappa shape index (κ1) is 14.7. The van der Waals surface area contributed by atoms with Crippen LogP contribution in [0.2, 0.25) is 0 Å². The van der Waals surface area contributed by atoms with Gasteiger partial charge in [-0.2, -0.15) is 0 Å². The molecule has 6 heteroatoms. The zero-order valence-electron chi connectivity index (χ0n) is 10.4. The fourth-order valence-electron chi connectivity index (χ4n) is 1.45. The van der Waals surface area contributed by atoms with E-state index in [1.807, 2.05) is 12.1 Å². The molecule has 1 aliphatic carbocycles. The summed E-state index contributed by atoms with van der Waals surface area (Å²) in [5.74, 6) is -0.165. The molecule has 100 valence electrons. The summed E-state index contributed by atoms with van der Waals surface area (Å²) in [6.45, 7) is 1.08. The highest BCUT2D eigenvalue weighted by Crippen LogP contribution is 2.40. The summed E-state index contributed by atoms with van der Waals surface area (Å²) in [5, 5.41) is 7.42. The van der Waals surface area contributed by atoms with Gasteiger partial charge in [-0.15, -0.1) is 0 Å². The molecule has 0 atom stereocenters.